The highest BCUT2D eigenvalue weighted by Gasteiger charge is 2.11. The summed E-state index contributed by atoms with van der Waals surface area (Å²) in [7, 11) is 0. The van der Waals surface area contributed by atoms with Gasteiger partial charge in [-0.15, -0.1) is 0 Å². The number of benzene rings is 2. The lowest BCUT2D eigenvalue weighted by Gasteiger charge is -2.09. The van der Waals surface area contributed by atoms with Crippen molar-refractivity contribution in [2.45, 2.75) is 13.5 Å². The smallest absolute Gasteiger partial charge is 0.308 e. The average Bonchev–Trinajstić information content (AvgIpc) is 2.87. The summed E-state index contributed by atoms with van der Waals surface area (Å²) in [6, 6.07) is 14.6. The predicted molar refractivity (Wildman–Crippen MR) is 93.5 cm³/mol. The molecule has 0 aliphatic rings. The average molecular weight is 359 g/mol. The Kier molecular flexibility index (Phi) is 4.48. The number of nitrogens with zero attached hydrogens (tertiary/aromatic N) is 2. The molecule has 0 bridgehead atoms. The van der Waals surface area contributed by atoms with Crippen molar-refractivity contribution < 1.29 is 9.53 Å². The van der Waals surface area contributed by atoms with Crippen LogP contribution in [0.3, 0.4) is 0 Å². The molecule has 0 saturated carbocycles. The Morgan fingerprint density at radius 2 is 1.96 bits per heavy atom. The van der Waals surface area contributed by atoms with Crippen LogP contribution in [0.25, 0.3) is 10.9 Å². The first-order valence-electron chi connectivity index (χ1n) is 7.13. The fourth-order valence-electron chi connectivity index (χ4n) is 2.56. The Labute approximate surface area is 148 Å². The molecule has 1 heterocycles. The Morgan fingerprint density at radius 3 is 2.62 bits per heavy atom. The lowest BCUT2D eigenvalue weighted by Crippen LogP contribution is -2.03. The van der Waals surface area contributed by atoms with Gasteiger partial charge in [-0.2, -0.15) is 5.26 Å². The Morgan fingerprint density at radius 1 is 1.17 bits per heavy atom. The first-order chi connectivity index (χ1) is 11.5. The van der Waals surface area contributed by atoms with E-state index in [0.29, 0.717) is 28.0 Å². The van der Waals surface area contributed by atoms with Gasteiger partial charge in [0.2, 0.25) is 0 Å². The van der Waals surface area contributed by atoms with Gasteiger partial charge >= 0.3 is 5.97 Å². The summed E-state index contributed by atoms with van der Waals surface area (Å²) in [5, 5.41) is 11.2. The molecular formula is C18H12Cl2N2O2. The summed E-state index contributed by atoms with van der Waals surface area (Å²) in [4.78, 5) is 11.1. The number of esters is 1. The summed E-state index contributed by atoms with van der Waals surface area (Å²) in [5.74, 6) is 0.0660. The van der Waals surface area contributed by atoms with Crippen molar-refractivity contribution in [2.75, 3.05) is 0 Å². The molecule has 0 fully saturated rings. The first-order valence-corrected chi connectivity index (χ1v) is 7.89. The Bertz CT molecular complexity index is 987. The zero-order valence-electron chi connectivity index (χ0n) is 12.7. The van der Waals surface area contributed by atoms with Gasteiger partial charge in [0.1, 0.15) is 17.5 Å². The summed E-state index contributed by atoms with van der Waals surface area (Å²) in [5.41, 5.74) is 2.31. The minimum Gasteiger partial charge on any atom is -0.427 e. The second-order valence-corrected chi connectivity index (χ2v) is 6.10. The highest BCUT2D eigenvalue weighted by molar-refractivity contribution is 6.42. The molecule has 0 spiro atoms. The number of hydrogen-bond donors (Lipinski definition) is 0. The van der Waals surface area contributed by atoms with Gasteiger partial charge in [0, 0.05) is 24.4 Å². The van der Waals surface area contributed by atoms with Crippen molar-refractivity contribution in [3.8, 4) is 11.8 Å². The van der Waals surface area contributed by atoms with Crippen molar-refractivity contribution in [3.63, 3.8) is 0 Å². The summed E-state index contributed by atoms with van der Waals surface area (Å²) in [6.07, 6.45) is 0. The predicted octanol–water partition coefficient (Wildman–Crippen LogP) is 4.79. The summed E-state index contributed by atoms with van der Waals surface area (Å²) >= 11 is 12.0. The van der Waals surface area contributed by atoms with Crippen LogP contribution in [0.2, 0.25) is 10.0 Å². The van der Waals surface area contributed by atoms with Crippen LogP contribution < -0.4 is 4.74 Å². The molecule has 0 amide bonds. The van der Waals surface area contributed by atoms with Crippen LogP contribution in [0, 0.1) is 11.3 Å². The Hall–Kier alpha value is -2.48. The maximum atomic E-state index is 11.1. The molecule has 0 aliphatic carbocycles. The van der Waals surface area contributed by atoms with Gasteiger partial charge in [-0.05, 0) is 42.0 Å². The third-order valence-electron chi connectivity index (χ3n) is 3.57. The summed E-state index contributed by atoms with van der Waals surface area (Å²) < 4.78 is 6.97. The monoisotopic (exact) mass is 358 g/mol. The fourth-order valence-corrected chi connectivity index (χ4v) is 2.88. The molecule has 6 heteroatoms. The van der Waals surface area contributed by atoms with E-state index in [9.17, 15) is 10.1 Å². The van der Waals surface area contributed by atoms with Crippen molar-refractivity contribution in [1.29, 1.82) is 5.26 Å². The third-order valence-corrected chi connectivity index (χ3v) is 4.31. The fraction of sp³-hybridized carbons (Fsp3) is 0.111. The number of hydrogen-bond acceptors (Lipinski definition) is 3. The third kappa shape index (κ3) is 3.23. The second kappa shape index (κ2) is 6.56. The number of ether oxygens (including phenoxy) is 1. The molecule has 120 valence electrons. The molecule has 1 aromatic heterocycles. The first kappa shape index (κ1) is 16.4. The molecule has 3 rings (SSSR count). The van der Waals surface area contributed by atoms with E-state index in [-0.39, 0.29) is 5.97 Å². The van der Waals surface area contributed by atoms with Gasteiger partial charge in [0.15, 0.2) is 0 Å². The number of carbonyl (C=O) groups is 1. The van der Waals surface area contributed by atoms with Crippen LogP contribution >= 0.6 is 23.2 Å². The van der Waals surface area contributed by atoms with Gasteiger partial charge in [-0.1, -0.05) is 29.3 Å². The lowest BCUT2D eigenvalue weighted by molar-refractivity contribution is -0.131. The van der Waals surface area contributed by atoms with Gasteiger partial charge in [0.05, 0.1) is 10.0 Å². The lowest BCUT2D eigenvalue weighted by atomic mass is 10.2. The van der Waals surface area contributed by atoms with Crippen molar-refractivity contribution in [2.24, 2.45) is 0 Å². The van der Waals surface area contributed by atoms with Crippen LogP contribution in [0.4, 0.5) is 0 Å². The van der Waals surface area contributed by atoms with Gasteiger partial charge in [0.25, 0.3) is 0 Å². The number of carbonyl (C=O) groups excluding carboxylic acids is 1. The Balaban J connectivity index is 2.04. The standard InChI is InChI=1S/C18H12Cl2N2O2/c1-11(23)24-15-3-5-18-13(8-15)7-14(9-21)22(18)10-12-2-4-16(19)17(20)6-12/h2-8H,10H2,1H3. The van der Waals surface area contributed by atoms with Gasteiger partial charge < -0.3 is 9.30 Å². The molecular weight excluding hydrogens is 347 g/mol. The molecule has 0 radical (unpaired) electrons. The number of halogens is 2. The van der Waals surface area contributed by atoms with E-state index in [1.807, 2.05) is 16.7 Å². The zero-order chi connectivity index (χ0) is 17.3. The molecule has 0 saturated heterocycles. The molecule has 0 N–H and O–H groups in total. The van der Waals surface area contributed by atoms with Gasteiger partial charge in [-0.3, -0.25) is 4.79 Å². The molecule has 2 aromatic carbocycles. The maximum absolute atomic E-state index is 11.1. The molecule has 3 aromatic rings. The van der Waals surface area contributed by atoms with E-state index in [1.165, 1.54) is 6.92 Å². The van der Waals surface area contributed by atoms with Gasteiger partial charge in [-0.25, -0.2) is 0 Å². The van der Waals surface area contributed by atoms with Crippen LogP contribution in [0.5, 0.6) is 5.75 Å². The van der Waals surface area contributed by atoms with E-state index in [1.54, 1.807) is 30.3 Å². The van der Waals surface area contributed by atoms with Crippen molar-refractivity contribution in [1.82, 2.24) is 4.57 Å². The minimum atomic E-state index is -0.384. The second-order valence-electron chi connectivity index (χ2n) is 5.29. The molecule has 4 nitrogen and oxygen atoms in total. The number of aromatic nitrogens is 1. The largest absolute Gasteiger partial charge is 0.427 e. The maximum Gasteiger partial charge on any atom is 0.308 e. The van der Waals surface area contributed by atoms with Crippen molar-refractivity contribution in [3.05, 3.63) is 63.8 Å². The number of rotatable bonds is 3. The normalized spacial score (nSPS) is 10.6. The van der Waals surface area contributed by atoms with E-state index >= 15 is 0 Å². The topological polar surface area (TPSA) is 55.0 Å². The van der Waals surface area contributed by atoms with Crippen LogP contribution in [-0.4, -0.2) is 10.5 Å². The van der Waals surface area contributed by atoms with E-state index in [2.05, 4.69) is 6.07 Å². The van der Waals surface area contributed by atoms with E-state index < -0.39 is 0 Å². The zero-order valence-corrected chi connectivity index (χ0v) is 14.2. The molecule has 24 heavy (non-hydrogen) atoms. The number of fused-ring (bicyclic) bond motifs is 1. The SMILES string of the molecule is CC(=O)Oc1ccc2c(c1)cc(C#N)n2Cc1ccc(Cl)c(Cl)c1. The summed E-state index contributed by atoms with van der Waals surface area (Å²) in [6.45, 7) is 1.83. The van der Waals surface area contributed by atoms with Crippen molar-refractivity contribution >= 4 is 40.1 Å². The molecule has 0 unspecified atom stereocenters. The van der Waals surface area contributed by atoms with Crippen LogP contribution in [-0.2, 0) is 11.3 Å². The van der Waals surface area contributed by atoms with E-state index in [4.69, 9.17) is 27.9 Å². The number of nitriles is 1. The van der Waals surface area contributed by atoms with Crippen LogP contribution in [0.1, 0.15) is 18.2 Å². The molecule has 0 atom stereocenters. The highest BCUT2D eigenvalue weighted by atomic mass is 35.5. The molecule has 0 aliphatic heterocycles. The van der Waals surface area contributed by atoms with Crippen LogP contribution in [0.15, 0.2) is 42.5 Å². The van der Waals surface area contributed by atoms with E-state index in [0.717, 1.165) is 16.5 Å². The quantitative estimate of drug-likeness (QED) is 0.499. The minimum absolute atomic E-state index is 0.384. The highest BCUT2D eigenvalue weighted by Crippen LogP contribution is 2.27.